The second kappa shape index (κ2) is 10.5. The largest absolute Gasteiger partial charge is 0.491 e. The van der Waals surface area contributed by atoms with Crippen LogP contribution in [-0.2, 0) is 13.2 Å². The highest BCUT2D eigenvalue weighted by atomic mass is 79.9. The summed E-state index contributed by atoms with van der Waals surface area (Å²) >= 11 is 3.40. The lowest BCUT2D eigenvalue weighted by Gasteiger charge is -2.16. The van der Waals surface area contributed by atoms with E-state index in [2.05, 4.69) is 20.9 Å². The molecule has 0 amide bonds. The molecule has 1 atom stereocenters. The van der Waals surface area contributed by atoms with E-state index in [1.807, 2.05) is 83.4 Å². The van der Waals surface area contributed by atoms with Crippen molar-refractivity contribution in [2.24, 2.45) is 0 Å². The molecule has 0 aliphatic carbocycles. The lowest BCUT2D eigenvalue weighted by molar-refractivity contribution is 0.0917. The minimum Gasteiger partial charge on any atom is -0.491 e. The number of nitrogens with zero attached hydrogens (tertiary/aromatic N) is 2. The van der Waals surface area contributed by atoms with E-state index in [-0.39, 0.29) is 19.0 Å². The van der Waals surface area contributed by atoms with Gasteiger partial charge in [-0.2, -0.15) is 0 Å². The number of imidazole rings is 1. The Hall–Kier alpha value is -2.54. The Labute approximate surface area is 189 Å². The summed E-state index contributed by atoms with van der Waals surface area (Å²) in [5.74, 6) is 2.26. The molecule has 0 radical (unpaired) electrons. The third-order valence-electron chi connectivity index (χ3n) is 4.49. The van der Waals surface area contributed by atoms with Crippen LogP contribution in [0.5, 0.6) is 11.5 Å². The van der Waals surface area contributed by atoms with Crippen molar-refractivity contribution in [1.82, 2.24) is 9.55 Å². The number of hydrogen-bond acceptors (Lipinski definition) is 4. The number of aliphatic hydroxyl groups is 1. The summed E-state index contributed by atoms with van der Waals surface area (Å²) in [7, 11) is 0. The monoisotopic (exact) mass is 488 g/mol. The number of para-hydroxylation sites is 3. The van der Waals surface area contributed by atoms with Gasteiger partial charge in [-0.05, 0) is 48.5 Å². The second-order valence-electron chi connectivity index (χ2n) is 6.65. The third-order valence-corrected chi connectivity index (χ3v) is 5.02. The fraction of sp³-hybridized carbons (Fsp3) is 0.174. The molecule has 0 aliphatic rings. The van der Waals surface area contributed by atoms with E-state index in [1.165, 1.54) is 0 Å². The standard InChI is InChI=1S/C23H21BrN2O3.ClH/c24-17-10-12-20(13-11-17)28-15-18(27)14-26-22-9-5-4-8-21(22)25-23(26)16-29-19-6-2-1-3-7-19;/h1-13,18,27H,14-16H2;1H. The summed E-state index contributed by atoms with van der Waals surface area (Å²) in [6.45, 7) is 0.872. The maximum atomic E-state index is 10.6. The van der Waals surface area contributed by atoms with Crippen LogP contribution in [0.15, 0.2) is 83.3 Å². The summed E-state index contributed by atoms with van der Waals surface area (Å²) in [5.41, 5.74) is 1.84. The van der Waals surface area contributed by atoms with Crippen LogP contribution < -0.4 is 9.47 Å². The zero-order chi connectivity index (χ0) is 20.1. The highest BCUT2D eigenvalue weighted by Gasteiger charge is 2.15. The van der Waals surface area contributed by atoms with Crippen molar-refractivity contribution in [3.8, 4) is 11.5 Å². The Morgan fingerprint density at radius 1 is 0.867 bits per heavy atom. The van der Waals surface area contributed by atoms with Crippen LogP contribution in [0.2, 0.25) is 0 Å². The van der Waals surface area contributed by atoms with E-state index in [0.29, 0.717) is 13.2 Å². The molecule has 5 nitrogen and oxygen atoms in total. The predicted molar refractivity (Wildman–Crippen MR) is 123 cm³/mol. The molecule has 30 heavy (non-hydrogen) atoms. The van der Waals surface area contributed by atoms with Crippen LogP contribution in [0.3, 0.4) is 0 Å². The van der Waals surface area contributed by atoms with Crippen molar-refractivity contribution < 1.29 is 14.6 Å². The van der Waals surface area contributed by atoms with E-state index in [4.69, 9.17) is 9.47 Å². The number of aromatic nitrogens is 2. The summed E-state index contributed by atoms with van der Waals surface area (Å²) in [6, 6.07) is 25.1. The molecule has 1 heterocycles. The molecule has 7 heteroatoms. The zero-order valence-corrected chi connectivity index (χ0v) is 18.6. The van der Waals surface area contributed by atoms with Gasteiger partial charge >= 0.3 is 0 Å². The number of benzene rings is 3. The summed E-state index contributed by atoms with van der Waals surface area (Å²) < 4.78 is 14.6. The van der Waals surface area contributed by atoms with Crippen LogP contribution in [0.1, 0.15) is 5.82 Å². The molecule has 1 unspecified atom stereocenters. The number of hydrogen-bond donors (Lipinski definition) is 1. The van der Waals surface area contributed by atoms with Crippen LogP contribution >= 0.6 is 28.3 Å². The average molecular weight is 490 g/mol. The van der Waals surface area contributed by atoms with E-state index in [1.54, 1.807) is 0 Å². The normalized spacial score (nSPS) is 11.7. The van der Waals surface area contributed by atoms with Gasteiger partial charge in [-0.1, -0.05) is 46.3 Å². The number of aliphatic hydroxyl groups excluding tert-OH is 1. The Kier molecular flexibility index (Phi) is 7.74. The van der Waals surface area contributed by atoms with Gasteiger partial charge in [-0.3, -0.25) is 0 Å². The Bertz CT molecular complexity index is 1070. The van der Waals surface area contributed by atoms with Crippen molar-refractivity contribution in [3.05, 3.63) is 89.2 Å². The predicted octanol–water partition coefficient (Wildman–Crippen LogP) is 5.24. The lowest BCUT2D eigenvalue weighted by Crippen LogP contribution is -2.25. The molecule has 1 aromatic heterocycles. The zero-order valence-electron chi connectivity index (χ0n) is 16.1. The molecule has 4 aromatic rings. The first kappa shape index (κ1) is 22.2. The van der Waals surface area contributed by atoms with Crippen molar-refractivity contribution in [2.45, 2.75) is 19.3 Å². The third kappa shape index (κ3) is 5.53. The van der Waals surface area contributed by atoms with Crippen LogP contribution in [0.25, 0.3) is 11.0 Å². The van der Waals surface area contributed by atoms with Gasteiger partial charge in [-0.25, -0.2) is 4.98 Å². The van der Waals surface area contributed by atoms with Gasteiger partial charge in [0.25, 0.3) is 0 Å². The second-order valence-corrected chi connectivity index (χ2v) is 7.56. The van der Waals surface area contributed by atoms with Gasteiger partial charge in [-0.15, -0.1) is 12.4 Å². The Balaban J connectivity index is 0.00000256. The van der Waals surface area contributed by atoms with Crippen molar-refractivity contribution in [1.29, 1.82) is 0 Å². The van der Waals surface area contributed by atoms with E-state index < -0.39 is 6.10 Å². The summed E-state index contributed by atoms with van der Waals surface area (Å²) in [5, 5.41) is 10.6. The highest BCUT2D eigenvalue weighted by Crippen LogP contribution is 2.20. The van der Waals surface area contributed by atoms with Crippen molar-refractivity contribution in [3.63, 3.8) is 0 Å². The van der Waals surface area contributed by atoms with Gasteiger partial charge in [0, 0.05) is 4.47 Å². The molecule has 3 aromatic carbocycles. The van der Waals surface area contributed by atoms with Gasteiger partial charge < -0.3 is 19.1 Å². The maximum absolute atomic E-state index is 10.6. The molecule has 0 fully saturated rings. The van der Waals surface area contributed by atoms with Gasteiger partial charge in [0.05, 0.1) is 17.6 Å². The molecular weight excluding hydrogens is 468 g/mol. The molecule has 156 valence electrons. The SMILES string of the molecule is Cl.OC(COc1ccc(Br)cc1)Cn1c(COc2ccccc2)nc2ccccc21. The van der Waals surface area contributed by atoms with Gasteiger partial charge in [0.2, 0.25) is 0 Å². The maximum Gasteiger partial charge on any atom is 0.148 e. The molecule has 0 saturated carbocycles. The van der Waals surface area contributed by atoms with Crippen LogP contribution in [0, 0.1) is 0 Å². The minimum absolute atomic E-state index is 0. The van der Waals surface area contributed by atoms with E-state index >= 15 is 0 Å². The molecular formula is C23H22BrClN2O3. The quantitative estimate of drug-likeness (QED) is 0.368. The Morgan fingerprint density at radius 3 is 2.30 bits per heavy atom. The van der Waals surface area contributed by atoms with Crippen LogP contribution in [0.4, 0.5) is 0 Å². The molecule has 4 rings (SSSR count). The molecule has 0 saturated heterocycles. The topological polar surface area (TPSA) is 56.5 Å². The van der Waals surface area contributed by atoms with E-state index in [0.717, 1.165) is 32.8 Å². The summed E-state index contributed by atoms with van der Waals surface area (Å²) in [4.78, 5) is 4.69. The fourth-order valence-electron chi connectivity index (χ4n) is 3.09. The fourth-order valence-corrected chi connectivity index (χ4v) is 3.35. The molecule has 0 bridgehead atoms. The first-order valence-corrected chi connectivity index (χ1v) is 10.2. The van der Waals surface area contributed by atoms with Crippen molar-refractivity contribution in [2.75, 3.05) is 6.61 Å². The molecule has 1 N–H and O–H groups in total. The number of ether oxygens (including phenoxy) is 2. The Morgan fingerprint density at radius 2 is 1.53 bits per heavy atom. The first-order chi connectivity index (χ1) is 14.2. The number of halogens is 2. The first-order valence-electron chi connectivity index (χ1n) is 9.37. The molecule has 0 aliphatic heterocycles. The number of fused-ring (bicyclic) bond motifs is 1. The highest BCUT2D eigenvalue weighted by molar-refractivity contribution is 9.10. The number of rotatable bonds is 8. The van der Waals surface area contributed by atoms with Gasteiger partial charge in [0.1, 0.15) is 36.6 Å². The minimum atomic E-state index is -0.688. The van der Waals surface area contributed by atoms with E-state index in [9.17, 15) is 5.11 Å². The van der Waals surface area contributed by atoms with Crippen LogP contribution in [-0.4, -0.2) is 27.4 Å². The molecule has 0 spiro atoms. The smallest absolute Gasteiger partial charge is 0.148 e. The van der Waals surface area contributed by atoms with Crippen molar-refractivity contribution >= 4 is 39.4 Å². The lowest BCUT2D eigenvalue weighted by atomic mass is 10.3. The summed E-state index contributed by atoms with van der Waals surface area (Å²) in [6.07, 6.45) is -0.688. The van der Waals surface area contributed by atoms with Gasteiger partial charge in [0.15, 0.2) is 0 Å². The average Bonchev–Trinajstić information content (AvgIpc) is 3.10.